The van der Waals surface area contributed by atoms with Crippen LogP contribution in [0.15, 0.2) is 58.0 Å². The van der Waals surface area contributed by atoms with Crippen molar-refractivity contribution in [3.05, 3.63) is 64.1 Å². The first-order valence-electron chi connectivity index (χ1n) is 9.20. The molecule has 1 amide bonds. The van der Waals surface area contributed by atoms with E-state index in [1.807, 2.05) is 55.5 Å². The lowest BCUT2D eigenvalue weighted by Crippen LogP contribution is -2.39. The van der Waals surface area contributed by atoms with Gasteiger partial charge in [-0.3, -0.25) is 4.79 Å². The molecular formula is C21H27BrN4O2. The van der Waals surface area contributed by atoms with Crippen molar-refractivity contribution in [3.63, 3.8) is 0 Å². The zero-order chi connectivity index (χ0) is 20.4. The molecule has 0 aliphatic carbocycles. The summed E-state index contributed by atoms with van der Waals surface area (Å²) < 4.78 is 6.73. The van der Waals surface area contributed by atoms with Crippen LogP contribution in [0.1, 0.15) is 22.8 Å². The molecule has 2 aromatic rings. The highest BCUT2D eigenvalue weighted by Gasteiger charge is 2.07. The van der Waals surface area contributed by atoms with Gasteiger partial charge in [0.2, 0.25) is 0 Å². The smallest absolute Gasteiger partial charge is 0.253 e. The van der Waals surface area contributed by atoms with Gasteiger partial charge in [-0.2, -0.15) is 0 Å². The summed E-state index contributed by atoms with van der Waals surface area (Å²) in [6, 6.07) is 15.3. The van der Waals surface area contributed by atoms with E-state index in [9.17, 15) is 4.79 Å². The first kappa shape index (κ1) is 21.8. The Labute approximate surface area is 175 Å². The summed E-state index contributed by atoms with van der Waals surface area (Å²) in [4.78, 5) is 18.1. The Hall–Kier alpha value is -2.54. The number of ether oxygens (including phenoxy) is 1. The van der Waals surface area contributed by atoms with Crippen molar-refractivity contribution in [2.24, 2.45) is 4.99 Å². The summed E-state index contributed by atoms with van der Waals surface area (Å²) in [5.74, 6) is 1.56. The topological polar surface area (TPSA) is 66.0 Å². The van der Waals surface area contributed by atoms with Gasteiger partial charge in [-0.05, 0) is 48.9 Å². The van der Waals surface area contributed by atoms with Crippen LogP contribution in [-0.4, -0.2) is 50.6 Å². The van der Waals surface area contributed by atoms with Crippen molar-refractivity contribution in [2.75, 3.05) is 33.8 Å². The van der Waals surface area contributed by atoms with Crippen molar-refractivity contribution in [1.82, 2.24) is 15.5 Å². The first-order valence-corrected chi connectivity index (χ1v) is 10.00. The summed E-state index contributed by atoms with van der Waals surface area (Å²) >= 11 is 3.41. The normalized spacial score (nSPS) is 11.1. The lowest BCUT2D eigenvalue weighted by Gasteiger charge is -2.12. The fourth-order valence-electron chi connectivity index (χ4n) is 2.39. The Kier molecular flexibility index (Phi) is 8.81. The molecule has 0 radical (unpaired) electrons. The summed E-state index contributed by atoms with van der Waals surface area (Å²) in [6.07, 6.45) is 0. The highest BCUT2D eigenvalue weighted by atomic mass is 79.9. The molecule has 2 rings (SSSR count). The summed E-state index contributed by atoms with van der Waals surface area (Å²) in [7, 11) is 3.49. The summed E-state index contributed by atoms with van der Waals surface area (Å²) in [6.45, 7) is 4.50. The lowest BCUT2D eigenvalue weighted by molar-refractivity contribution is 0.0827. The van der Waals surface area contributed by atoms with Crippen LogP contribution >= 0.6 is 15.9 Å². The summed E-state index contributed by atoms with van der Waals surface area (Å²) in [5.41, 5.74) is 1.71. The van der Waals surface area contributed by atoms with Gasteiger partial charge in [0.1, 0.15) is 12.4 Å². The maximum absolute atomic E-state index is 11.9. The standard InChI is InChI=1S/C21H27BrN4O2/c1-4-23-21(24-13-14-28-19-11-9-18(22)10-12-19)25-15-16-5-7-17(8-6-16)20(27)26(2)3/h5-12H,4,13-15H2,1-3H3,(H2,23,24,25). The minimum Gasteiger partial charge on any atom is -0.492 e. The quantitative estimate of drug-likeness (QED) is 0.370. The number of carbonyl (C=O) groups is 1. The summed E-state index contributed by atoms with van der Waals surface area (Å²) in [5, 5.41) is 6.48. The molecule has 0 bridgehead atoms. The van der Waals surface area contributed by atoms with E-state index in [0.29, 0.717) is 25.3 Å². The molecule has 0 aliphatic heterocycles. The molecule has 0 unspecified atom stereocenters. The first-order chi connectivity index (χ1) is 13.5. The van der Waals surface area contributed by atoms with Gasteiger partial charge in [0.15, 0.2) is 5.96 Å². The molecule has 28 heavy (non-hydrogen) atoms. The van der Waals surface area contributed by atoms with E-state index in [-0.39, 0.29) is 5.91 Å². The van der Waals surface area contributed by atoms with Crippen LogP contribution in [0.3, 0.4) is 0 Å². The molecule has 2 aromatic carbocycles. The van der Waals surface area contributed by atoms with E-state index in [1.165, 1.54) is 0 Å². The predicted octanol–water partition coefficient (Wildman–Crippen LogP) is 3.29. The Morgan fingerprint density at radius 3 is 2.36 bits per heavy atom. The fourth-order valence-corrected chi connectivity index (χ4v) is 2.66. The van der Waals surface area contributed by atoms with Crippen LogP contribution in [0.25, 0.3) is 0 Å². The molecule has 0 heterocycles. The monoisotopic (exact) mass is 446 g/mol. The zero-order valence-electron chi connectivity index (χ0n) is 16.5. The second kappa shape index (κ2) is 11.3. The molecule has 0 aromatic heterocycles. The van der Waals surface area contributed by atoms with Crippen molar-refractivity contribution < 1.29 is 9.53 Å². The van der Waals surface area contributed by atoms with Gasteiger partial charge in [0.25, 0.3) is 5.91 Å². The van der Waals surface area contributed by atoms with Crippen LogP contribution < -0.4 is 15.4 Å². The second-order valence-corrected chi connectivity index (χ2v) is 7.24. The van der Waals surface area contributed by atoms with Crippen molar-refractivity contribution in [3.8, 4) is 5.75 Å². The Morgan fingerprint density at radius 1 is 1.07 bits per heavy atom. The third kappa shape index (κ3) is 7.23. The zero-order valence-corrected chi connectivity index (χ0v) is 18.1. The van der Waals surface area contributed by atoms with Crippen LogP contribution in [0.4, 0.5) is 0 Å². The van der Waals surface area contributed by atoms with Crippen molar-refractivity contribution >= 4 is 27.8 Å². The van der Waals surface area contributed by atoms with E-state index in [0.717, 1.165) is 28.3 Å². The second-order valence-electron chi connectivity index (χ2n) is 6.32. The van der Waals surface area contributed by atoms with E-state index < -0.39 is 0 Å². The molecule has 2 N–H and O–H groups in total. The van der Waals surface area contributed by atoms with Crippen molar-refractivity contribution in [2.45, 2.75) is 13.5 Å². The number of halogens is 1. The third-order valence-corrected chi connectivity index (χ3v) is 4.38. The number of benzene rings is 2. The fraction of sp³-hybridized carbons (Fsp3) is 0.333. The van der Waals surface area contributed by atoms with Crippen molar-refractivity contribution in [1.29, 1.82) is 0 Å². The van der Waals surface area contributed by atoms with Gasteiger partial charge in [0.05, 0.1) is 13.1 Å². The van der Waals surface area contributed by atoms with E-state index in [2.05, 4.69) is 31.6 Å². The SMILES string of the molecule is CCNC(=NCc1ccc(C(=O)N(C)C)cc1)NCCOc1ccc(Br)cc1. The average Bonchev–Trinajstić information content (AvgIpc) is 2.70. The molecule has 6 nitrogen and oxygen atoms in total. The molecule has 0 atom stereocenters. The van der Waals surface area contributed by atoms with Gasteiger partial charge in [-0.25, -0.2) is 4.99 Å². The minimum absolute atomic E-state index is 0.00386. The molecule has 0 saturated heterocycles. The number of guanidine groups is 1. The Morgan fingerprint density at radius 2 is 1.75 bits per heavy atom. The molecule has 0 fully saturated rings. The average molecular weight is 447 g/mol. The Bertz CT molecular complexity index is 774. The molecular weight excluding hydrogens is 420 g/mol. The molecule has 0 saturated carbocycles. The number of aliphatic imine (C=N–C) groups is 1. The van der Waals surface area contributed by atoms with Gasteiger partial charge in [-0.15, -0.1) is 0 Å². The number of nitrogens with zero attached hydrogens (tertiary/aromatic N) is 2. The lowest BCUT2D eigenvalue weighted by atomic mass is 10.1. The molecule has 0 spiro atoms. The molecule has 0 aliphatic rings. The highest BCUT2D eigenvalue weighted by molar-refractivity contribution is 9.10. The Balaban J connectivity index is 1.84. The molecule has 150 valence electrons. The number of hydrogen-bond acceptors (Lipinski definition) is 3. The van der Waals surface area contributed by atoms with E-state index in [1.54, 1.807) is 19.0 Å². The number of hydrogen-bond donors (Lipinski definition) is 2. The van der Waals surface area contributed by atoms with Gasteiger partial charge < -0.3 is 20.3 Å². The maximum Gasteiger partial charge on any atom is 0.253 e. The largest absolute Gasteiger partial charge is 0.492 e. The van der Waals surface area contributed by atoms with Gasteiger partial charge in [-0.1, -0.05) is 28.1 Å². The third-order valence-electron chi connectivity index (χ3n) is 3.85. The predicted molar refractivity (Wildman–Crippen MR) is 117 cm³/mol. The molecule has 7 heteroatoms. The van der Waals surface area contributed by atoms with Gasteiger partial charge in [0, 0.05) is 30.7 Å². The number of amides is 1. The van der Waals surface area contributed by atoms with E-state index >= 15 is 0 Å². The number of nitrogens with one attached hydrogen (secondary N) is 2. The van der Waals surface area contributed by atoms with Crippen LogP contribution in [0.5, 0.6) is 5.75 Å². The van der Waals surface area contributed by atoms with Crippen LogP contribution in [0.2, 0.25) is 0 Å². The minimum atomic E-state index is -0.00386. The van der Waals surface area contributed by atoms with Crippen LogP contribution in [-0.2, 0) is 6.54 Å². The highest BCUT2D eigenvalue weighted by Crippen LogP contribution is 2.15. The maximum atomic E-state index is 11.9. The van der Waals surface area contributed by atoms with Gasteiger partial charge >= 0.3 is 0 Å². The van der Waals surface area contributed by atoms with Crippen LogP contribution in [0, 0.1) is 0 Å². The number of rotatable bonds is 8. The van der Waals surface area contributed by atoms with E-state index in [4.69, 9.17) is 4.74 Å². The number of carbonyl (C=O) groups excluding carboxylic acids is 1.